The molecule has 5 N–H and O–H groups in total. The predicted molar refractivity (Wildman–Crippen MR) is 236 cm³/mol. The first-order chi connectivity index (χ1) is 28.8. The first kappa shape index (κ1) is 57.8. The lowest BCUT2D eigenvalue weighted by molar-refractivity contribution is -0.161. The van der Waals surface area contributed by atoms with Gasteiger partial charge in [0.2, 0.25) is 0 Å². The molecule has 16 heteroatoms. The van der Waals surface area contributed by atoms with Crippen LogP contribution in [0.5, 0.6) is 0 Å². The average Bonchev–Trinajstić information content (AvgIpc) is 3.21. The lowest BCUT2D eigenvalue weighted by atomic mass is 10.1. The molecule has 0 aliphatic rings. The zero-order valence-corrected chi connectivity index (χ0v) is 38.2. The minimum atomic E-state index is -4.88. The number of hydrogen-bond acceptors (Lipinski definition) is 11. The molecule has 0 spiro atoms. The van der Waals surface area contributed by atoms with Crippen molar-refractivity contribution in [3.8, 4) is 0 Å². The van der Waals surface area contributed by atoms with Crippen molar-refractivity contribution in [1.29, 1.82) is 0 Å². The summed E-state index contributed by atoms with van der Waals surface area (Å²) in [5.41, 5.74) is 0. The lowest BCUT2D eigenvalue weighted by Crippen LogP contribution is -2.29. The summed E-state index contributed by atoms with van der Waals surface area (Å²) in [4.78, 5) is 52.7. The molecule has 348 valence electrons. The molecular weight excluding hydrogens is 814 g/mol. The third-order valence-corrected chi connectivity index (χ3v) is 10.5. The average molecular weight is 893 g/mol. The van der Waals surface area contributed by atoms with Gasteiger partial charge in [0.25, 0.3) is 0 Å². The van der Waals surface area contributed by atoms with E-state index in [1.807, 2.05) is 19.1 Å². The topological polar surface area (TPSA) is 216 Å². The van der Waals surface area contributed by atoms with Gasteiger partial charge in [-0.15, -0.1) is 0 Å². The van der Waals surface area contributed by atoms with Crippen LogP contribution < -0.4 is 0 Å². The van der Waals surface area contributed by atoms with Gasteiger partial charge >= 0.3 is 27.6 Å². The van der Waals surface area contributed by atoms with Gasteiger partial charge in [-0.25, -0.2) is 9.13 Å². The first-order valence-electron chi connectivity index (χ1n) is 22.1. The molecule has 1 unspecified atom stereocenters. The van der Waals surface area contributed by atoms with Gasteiger partial charge in [0, 0.05) is 12.8 Å². The fourth-order valence-electron chi connectivity index (χ4n) is 5.49. The highest BCUT2D eigenvalue weighted by molar-refractivity contribution is 7.47. The van der Waals surface area contributed by atoms with Crippen molar-refractivity contribution in [3.63, 3.8) is 0 Å². The van der Waals surface area contributed by atoms with E-state index < -0.39 is 66.2 Å². The highest BCUT2D eigenvalue weighted by Gasteiger charge is 2.28. The SMILES string of the molecule is CCCCCCCC/C=C\CCCCCCCC(=O)OC[C@H](COP(=O)(O)OC[C@@H](O)COP(=O)(O)O)OC(=O)CCC/C=C\C/C=C\C/C=C\C/C=C\CC[C@H](O)CC. The number of esters is 2. The molecule has 0 fully saturated rings. The summed E-state index contributed by atoms with van der Waals surface area (Å²) in [6, 6.07) is 0. The second kappa shape index (κ2) is 39.6. The van der Waals surface area contributed by atoms with Gasteiger partial charge in [-0.1, -0.05) is 126 Å². The Hall–Kier alpha value is -2.22. The van der Waals surface area contributed by atoms with E-state index in [1.165, 1.54) is 38.5 Å². The summed E-state index contributed by atoms with van der Waals surface area (Å²) in [5, 5.41) is 19.3. The van der Waals surface area contributed by atoms with E-state index in [4.69, 9.17) is 23.8 Å². The molecule has 0 aromatic heterocycles. The van der Waals surface area contributed by atoms with Crippen molar-refractivity contribution in [1.82, 2.24) is 0 Å². The van der Waals surface area contributed by atoms with Crippen LogP contribution in [0, 0.1) is 0 Å². The van der Waals surface area contributed by atoms with E-state index in [2.05, 4.69) is 64.6 Å². The molecule has 60 heavy (non-hydrogen) atoms. The van der Waals surface area contributed by atoms with Crippen LogP contribution in [0.1, 0.15) is 162 Å². The zero-order valence-electron chi connectivity index (χ0n) is 36.4. The van der Waals surface area contributed by atoms with Crippen LogP contribution in [-0.4, -0.2) is 81.6 Å². The largest absolute Gasteiger partial charge is 0.472 e. The van der Waals surface area contributed by atoms with Crippen LogP contribution in [0.3, 0.4) is 0 Å². The van der Waals surface area contributed by atoms with Gasteiger partial charge in [-0.2, -0.15) is 0 Å². The maximum Gasteiger partial charge on any atom is 0.472 e. The number of aliphatic hydroxyl groups excluding tert-OH is 2. The summed E-state index contributed by atoms with van der Waals surface area (Å²) in [6.45, 7) is 1.39. The van der Waals surface area contributed by atoms with Crippen molar-refractivity contribution in [2.45, 2.75) is 180 Å². The lowest BCUT2D eigenvalue weighted by Gasteiger charge is -2.20. The zero-order chi connectivity index (χ0) is 44.6. The molecule has 0 heterocycles. The molecule has 0 rings (SSSR count). The maximum absolute atomic E-state index is 12.6. The smallest absolute Gasteiger partial charge is 0.462 e. The third kappa shape index (κ3) is 42.5. The van der Waals surface area contributed by atoms with Gasteiger partial charge in [0.05, 0.1) is 25.9 Å². The Bertz CT molecular complexity index is 1310. The molecule has 0 aromatic carbocycles. The standard InChI is InChI=1S/C44H78O14P2/c1-3-5-6-7-8-9-10-11-12-16-19-22-25-28-31-34-43(47)54-38-42(39-57-60(52,53)56-37-41(46)36-55-59(49,50)51)58-44(48)35-32-29-26-23-20-17-14-13-15-18-21-24-27-30-33-40(45)4-2/h11-12,14-15,17-18,23-24,26-27,40-42,45-46H,3-10,13,16,19-22,25,28-39H2,1-2H3,(H,52,53)(H2,49,50,51)/b12-11-,17-14-,18-15-,26-23-,27-24-/t40-,41+,42-/m1/s1. The van der Waals surface area contributed by atoms with E-state index in [0.717, 1.165) is 77.0 Å². The number of carbonyl (C=O) groups excluding carboxylic acids is 2. The van der Waals surface area contributed by atoms with Gasteiger partial charge in [-0.05, 0) is 83.5 Å². The number of hydrogen-bond donors (Lipinski definition) is 5. The number of phosphoric ester groups is 2. The maximum atomic E-state index is 12.6. The van der Waals surface area contributed by atoms with E-state index >= 15 is 0 Å². The van der Waals surface area contributed by atoms with Gasteiger partial charge < -0.3 is 34.4 Å². The van der Waals surface area contributed by atoms with Crippen LogP contribution in [0.2, 0.25) is 0 Å². The molecule has 0 radical (unpaired) electrons. The van der Waals surface area contributed by atoms with E-state index in [-0.39, 0.29) is 18.9 Å². The Balaban J connectivity index is 4.64. The molecule has 0 aliphatic carbocycles. The molecule has 0 saturated heterocycles. The fraction of sp³-hybridized carbons (Fsp3) is 0.727. The van der Waals surface area contributed by atoms with Crippen molar-refractivity contribution >= 4 is 27.6 Å². The molecular formula is C44H78O14P2. The van der Waals surface area contributed by atoms with Crippen molar-refractivity contribution < 1.29 is 66.7 Å². The number of unbranched alkanes of at least 4 members (excludes halogenated alkanes) is 12. The number of allylic oxidation sites excluding steroid dienone is 10. The van der Waals surface area contributed by atoms with E-state index in [0.29, 0.717) is 19.3 Å². The summed E-state index contributed by atoms with van der Waals surface area (Å²) < 4.78 is 47.7. The minimum absolute atomic E-state index is 0.0387. The normalized spacial score (nSPS) is 15.1. The van der Waals surface area contributed by atoms with E-state index in [9.17, 15) is 33.8 Å². The van der Waals surface area contributed by atoms with Crippen LogP contribution in [-0.2, 0) is 41.8 Å². The highest BCUT2D eigenvalue weighted by atomic mass is 31.2. The molecule has 0 aliphatic heterocycles. The fourth-order valence-corrected chi connectivity index (χ4v) is 6.65. The van der Waals surface area contributed by atoms with Crippen molar-refractivity contribution in [2.75, 3.05) is 26.4 Å². The summed E-state index contributed by atoms with van der Waals surface area (Å²) >= 11 is 0. The quantitative estimate of drug-likeness (QED) is 0.0167. The van der Waals surface area contributed by atoms with E-state index in [1.54, 1.807) is 0 Å². The third-order valence-electron chi connectivity index (χ3n) is 9.03. The monoisotopic (exact) mass is 892 g/mol. The number of phosphoric acid groups is 2. The second-order valence-electron chi connectivity index (χ2n) is 14.8. The Kier molecular flexibility index (Phi) is 38.1. The van der Waals surface area contributed by atoms with Gasteiger partial charge in [-0.3, -0.25) is 23.2 Å². The Morgan fingerprint density at radius 2 is 0.983 bits per heavy atom. The molecule has 0 saturated carbocycles. The molecule has 14 nitrogen and oxygen atoms in total. The minimum Gasteiger partial charge on any atom is -0.462 e. The summed E-state index contributed by atoms with van der Waals surface area (Å²) in [7, 11) is -9.71. The van der Waals surface area contributed by atoms with Gasteiger partial charge in [0.1, 0.15) is 12.7 Å². The summed E-state index contributed by atoms with van der Waals surface area (Å²) in [5.74, 6) is -1.13. The van der Waals surface area contributed by atoms with Crippen molar-refractivity contribution in [3.05, 3.63) is 60.8 Å². The molecule has 0 aromatic rings. The Labute approximate surface area is 360 Å². The molecule has 0 bridgehead atoms. The van der Waals surface area contributed by atoms with Crippen LogP contribution >= 0.6 is 15.6 Å². The summed E-state index contributed by atoms with van der Waals surface area (Å²) in [6.07, 6.45) is 38.8. The van der Waals surface area contributed by atoms with Gasteiger partial charge in [0.15, 0.2) is 6.10 Å². The predicted octanol–water partition coefficient (Wildman–Crippen LogP) is 10.2. The van der Waals surface area contributed by atoms with Crippen molar-refractivity contribution in [2.24, 2.45) is 0 Å². The first-order valence-corrected chi connectivity index (χ1v) is 25.1. The number of rotatable bonds is 41. The van der Waals surface area contributed by atoms with Crippen LogP contribution in [0.25, 0.3) is 0 Å². The second-order valence-corrected chi connectivity index (χ2v) is 17.4. The molecule has 4 atom stereocenters. The Morgan fingerprint density at radius 3 is 1.57 bits per heavy atom. The molecule has 0 amide bonds. The number of aliphatic hydroxyl groups is 2. The van der Waals surface area contributed by atoms with Crippen LogP contribution in [0.4, 0.5) is 0 Å². The number of ether oxygens (including phenoxy) is 2. The Morgan fingerprint density at radius 1 is 0.517 bits per heavy atom. The number of carbonyl (C=O) groups is 2. The highest BCUT2D eigenvalue weighted by Crippen LogP contribution is 2.43. The van der Waals surface area contributed by atoms with Crippen LogP contribution in [0.15, 0.2) is 60.8 Å².